The van der Waals surface area contributed by atoms with Crippen molar-refractivity contribution in [3.8, 4) is 0 Å². The second-order valence-electron chi connectivity index (χ2n) is 5.52. The maximum atomic E-state index is 5.48. The molecule has 0 aromatic heterocycles. The molecule has 1 aliphatic heterocycles. The molecule has 1 saturated heterocycles. The highest BCUT2D eigenvalue weighted by atomic mass is 16.5. The van der Waals surface area contributed by atoms with Gasteiger partial charge in [-0.3, -0.25) is 0 Å². The number of likely N-dealkylation sites (N-methyl/N-ethyl adjacent to an activating group) is 1. The van der Waals surface area contributed by atoms with Gasteiger partial charge in [0.1, 0.15) is 0 Å². The van der Waals surface area contributed by atoms with Crippen LogP contribution in [0.15, 0.2) is 0 Å². The largest absolute Gasteiger partial charge is 0.381 e. The minimum Gasteiger partial charge on any atom is -0.381 e. The number of rotatable bonds is 6. The fraction of sp³-hybridized carbons (Fsp3) is 1.00. The van der Waals surface area contributed by atoms with Crippen LogP contribution in [-0.2, 0) is 4.74 Å². The summed E-state index contributed by atoms with van der Waals surface area (Å²) in [4.78, 5) is 2.31. The quantitative estimate of drug-likeness (QED) is 0.747. The van der Waals surface area contributed by atoms with Gasteiger partial charge < -0.3 is 15.0 Å². The van der Waals surface area contributed by atoms with Crippen LogP contribution >= 0.6 is 0 Å². The summed E-state index contributed by atoms with van der Waals surface area (Å²) in [6.07, 6.45) is 2.55. The number of hydrogen-bond acceptors (Lipinski definition) is 3. The van der Waals surface area contributed by atoms with Crippen molar-refractivity contribution in [2.24, 2.45) is 11.8 Å². The van der Waals surface area contributed by atoms with Gasteiger partial charge in [0.15, 0.2) is 0 Å². The number of nitrogens with one attached hydrogen (secondary N) is 1. The fourth-order valence-corrected chi connectivity index (χ4v) is 2.42. The van der Waals surface area contributed by atoms with Crippen molar-refractivity contribution < 1.29 is 4.74 Å². The van der Waals surface area contributed by atoms with Crippen molar-refractivity contribution in [1.29, 1.82) is 0 Å². The molecule has 0 bridgehead atoms. The first-order valence-corrected chi connectivity index (χ1v) is 6.56. The van der Waals surface area contributed by atoms with Gasteiger partial charge in [-0.25, -0.2) is 0 Å². The molecule has 0 aromatic carbocycles. The Morgan fingerprint density at radius 3 is 2.62 bits per heavy atom. The lowest BCUT2D eigenvalue weighted by atomic mass is 10.0. The molecule has 0 saturated carbocycles. The third-order valence-corrected chi connectivity index (χ3v) is 3.47. The lowest BCUT2D eigenvalue weighted by Gasteiger charge is -2.29. The van der Waals surface area contributed by atoms with E-state index in [-0.39, 0.29) is 0 Å². The van der Waals surface area contributed by atoms with E-state index in [4.69, 9.17) is 4.74 Å². The Morgan fingerprint density at radius 2 is 2.12 bits per heavy atom. The molecular formula is C13H28N2O. The molecule has 96 valence electrons. The molecular weight excluding hydrogens is 200 g/mol. The van der Waals surface area contributed by atoms with Crippen LogP contribution in [0.25, 0.3) is 0 Å². The predicted octanol–water partition coefficient (Wildman–Crippen LogP) is 1.59. The summed E-state index contributed by atoms with van der Waals surface area (Å²) in [5.41, 5.74) is 0. The van der Waals surface area contributed by atoms with E-state index in [0.29, 0.717) is 12.0 Å². The molecule has 2 atom stereocenters. The molecule has 0 amide bonds. The predicted molar refractivity (Wildman–Crippen MR) is 68.7 cm³/mol. The highest BCUT2D eigenvalue weighted by Gasteiger charge is 2.17. The zero-order valence-electron chi connectivity index (χ0n) is 11.3. The second kappa shape index (κ2) is 7.25. The van der Waals surface area contributed by atoms with Crippen LogP contribution in [0.3, 0.4) is 0 Å². The van der Waals surface area contributed by atoms with Gasteiger partial charge in [-0.1, -0.05) is 13.8 Å². The zero-order valence-corrected chi connectivity index (χ0v) is 11.3. The summed E-state index contributed by atoms with van der Waals surface area (Å²) >= 11 is 0. The van der Waals surface area contributed by atoms with E-state index in [2.05, 4.69) is 38.2 Å². The highest BCUT2D eigenvalue weighted by molar-refractivity contribution is 4.74. The van der Waals surface area contributed by atoms with E-state index in [1.807, 2.05) is 0 Å². The van der Waals surface area contributed by atoms with E-state index in [1.165, 1.54) is 12.8 Å². The lowest BCUT2D eigenvalue weighted by molar-refractivity contribution is 0.0539. The normalized spacial score (nSPS) is 24.0. The van der Waals surface area contributed by atoms with Crippen molar-refractivity contribution >= 4 is 0 Å². The number of ether oxygens (including phenoxy) is 1. The average Bonchev–Trinajstić information content (AvgIpc) is 2.24. The van der Waals surface area contributed by atoms with E-state index in [1.54, 1.807) is 0 Å². The van der Waals surface area contributed by atoms with Crippen LogP contribution in [0.1, 0.15) is 26.7 Å². The Bertz CT molecular complexity index is 169. The minimum atomic E-state index is 0.629. The van der Waals surface area contributed by atoms with Gasteiger partial charge in [-0.15, -0.1) is 0 Å². The van der Waals surface area contributed by atoms with Crippen LogP contribution in [0, 0.1) is 11.8 Å². The molecule has 1 fully saturated rings. The standard InChI is InChI=1S/C13H28N2O/c1-11(2)13(15(3)4)9-14-8-12-6-5-7-16-10-12/h11-14H,5-10H2,1-4H3. The molecule has 0 aliphatic carbocycles. The molecule has 2 unspecified atom stereocenters. The van der Waals surface area contributed by atoms with E-state index < -0.39 is 0 Å². The minimum absolute atomic E-state index is 0.629. The van der Waals surface area contributed by atoms with Crippen molar-refractivity contribution in [3.63, 3.8) is 0 Å². The molecule has 16 heavy (non-hydrogen) atoms. The van der Waals surface area contributed by atoms with Crippen molar-refractivity contribution in [1.82, 2.24) is 10.2 Å². The summed E-state index contributed by atoms with van der Waals surface area (Å²) in [7, 11) is 4.33. The van der Waals surface area contributed by atoms with Gasteiger partial charge in [-0.2, -0.15) is 0 Å². The molecule has 1 rings (SSSR count). The Kier molecular flexibility index (Phi) is 6.32. The third-order valence-electron chi connectivity index (χ3n) is 3.47. The van der Waals surface area contributed by atoms with Gasteiger partial charge in [0.05, 0.1) is 6.61 Å². The number of hydrogen-bond donors (Lipinski definition) is 1. The lowest BCUT2D eigenvalue weighted by Crippen LogP contribution is -2.43. The first kappa shape index (κ1) is 13.9. The Morgan fingerprint density at radius 1 is 1.38 bits per heavy atom. The summed E-state index contributed by atoms with van der Waals surface area (Å²) in [5.74, 6) is 1.42. The van der Waals surface area contributed by atoms with Crippen molar-refractivity contribution in [2.45, 2.75) is 32.7 Å². The third kappa shape index (κ3) is 4.81. The van der Waals surface area contributed by atoms with Crippen molar-refractivity contribution in [3.05, 3.63) is 0 Å². The highest BCUT2D eigenvalue weighted by Crippen LogP contribution is 2.12. The number of nitrogens with zero attached hydrogens (tertiary/aromatic N) is 1. The summed E-state index contributed by atoms with van der Waals surface area (Å²) < 4.78 is 5.48. The Balaban J connectivity index is 2.16. The summed E-state index contributed by atoms with van der Waals surface area (Å²) in [6.45, 7) is 8.68. The average molecular weight is 228 g/mol. The van der Waals surface area contributed by atoms with Crippen LogP contribution < -0.4 is 5.32 Å². The Hall–Kier alpha value is -0.120. The van der Waals surface area contributed by atoms with Crippen LogP contribution in [0.2, 0.25) is 0 Å². The second-order valence-corrected chi connectivity index (χ2v) is 5.52. The molecule has 3 heteroatoms. The Labute approximate surface area is 101 Å². The molecule has 0 aromatic rings. The topological polar surface area (TPSA) is 24.5 Å². The van der Waals surface area contributed by atoms with Gasteiger partial charge in [0.25, 0.3) is 0 Å². The van der Waals surface area contributed by atoms with Gasteiger partial charge in [-0.05, 0) is 38.8 Å². The molecule has 1 N–H and O–H groups in total. The SMILES string of the molecule is CC(C)C(CNCC1CCCOC1)N(C)C. The maximum Gasteiger partial charge on any atom is 0.0506 e. The molecule has 3 nitrogen and oxygen atoms in total. The van der Waals surface area contributed by atoms with E-state index >= 15 is 0 Å². The van der Waals surface area contributed by atoms with Crippen LogP contribution in [0.5, 0.6) is 0 Å². The molecule has 1 aliphatic rings. The maximum absolute atomic E-state index is 5.48. The van der Waals surface area contributed by atoms with Crippen molar-refractivity contribution in [2.75, 3.05) is 40.4 Å². The van der Waals surface area contributed by atoms with Crippen LogP contribution in [-0.4, -0.2) is 51.3 Å². The molecule has 0 spiro atoms. The monoisotopic (exact) mass is 228 g/mol. The van der Waals surface area contributed by atoms with Gasteiger partial charge in [0.2, 0.25) is 0 Å². The van der Waals surface area contributed by atoms with Crippen LogP contribution in [0.4, 0.5) is 0 Å². The smallest absolute Gasteiger partial charge is 0.0506 e. The molecule has 1 heterocycles. The van der Waals surface area contributed by atoms with E-state index in [9.17, 15) is 0 Å². The zero-order chi connectivity index (χ0) is 12.0. The fourth-order valence-electron chi connectivity index (χ4n) is 2.42. The van der Waals surface area contributed by atoms with Gasteiger partial charge >= 0.3 is 0 Å². The first-order valence-electron chi connectivity index (χ1n) is 6.56. The summed E-state index contributed by atoms with van der Waals surface area (Å²) in [6, 6.07) is 0.629. The van der Waals surface area contributed by atoms with Gasteiger partial charge in [0, 0.05) is 25.7 Å². The molecule has 0 radical (unpaired) electrons. The summed E-state index contributed by atoms with van der Waals surface area (Å²) in [5, 5.41) is 3.60. The van der Waals surface area contributed by atoms with E-state index in [0.717, 1.165) is 32.2 Å². The first-order chi connectivity index (χ1) is 7.61.